The molecule has 4 aliphatic rings. The highest BCUT2D eigenvalue weighted by atomic mass is 16.3. The number of furan rings is 1. The third-order valence-corrected chi connectivity index (χ3v) is 14.4. The van der Waals surface area contributed by atoms with Crippen molar-refractivity contribution in [1.82, 2.24) is 4.48 Å². The van der Waals surface area contributed by atoms with E-state index in [1.54, 1.807) is 0 Å². The number of hydrogen-bond acceptors (Lipinski definition) is 2. The number of anilines is 3. The van der Waals surface area contributed by atoms with Crippen LogP contribution in [0.5, 0.6) is 0 Å². The number of benzene rings is 6. The Morgan fingerprint density at radius 1 is 0.564 bits per heavy atom. The van der Waals surface area contributed by atoms with Gasteiger partial charge in [-0.2, -0.15) is 0 Å². The van der Waals surface area contributed by atoms with Crippen molar-refractivity contribution in [2.45, 2.75) is 84.5 Å². The molecule has 2 aliphatic carbocycles. The highest BCUT2D eigenvalue weighted by molar-refractivity contribution is 6.90. The van der Waals surface area contributed by atoms with E-state index >= 15 is 0 Å². The number of fused-ring (bicyclic) bond motifs is 13. The van der Waals surface area contributed by atoms with Crippen molar-refractivity contribution >= 4 is 67.8 Å². The second kappa shape index (κ2) is 10.0. The third kappa shape index (κ3) is 3.83. The molecule has 2 aliphatic heterocycles. The van der Waals surface area contributed by atoms with Gasteiger partial charge in [-0.15, -0.1) is 0 Å². The highest BCUT2D eigenvalue weighted by Gasteiger charge is 2.47. The Kier molecular flexibility index (Phi) is 5.81. The van der Waals surface area contributed by atoms with Crippen LogP contribution in [0, 0.1) is 13.8 Å². The van der Waals surface area contributed by atoms with E-state index in [4.69, 9.17) is 4.42 Å². The molecule has 268 valence electrons. The van der Waals surface area contributed by atoms with Gasteiger partial charge in [0.05, 0.1) is 5.52 Å². The SMILES string of the molecule is Cc1cc2c3c(c1)N(c1cc4c(cc1C)C(C)(C)CCC4(C)C)c1cc4c(cc1B3n1c3c-2cccc3c2oc3ccccc3c21)C(C)(C)c1ccccc1-4. The normalized spacial score (nSPS) is 17.7. The van der Waals surface area contributed by atoms with Gasteiger partial charge < -0.3 is 13.8 Å². The fraction of sp³-hybridized carbons (Fsp3) is 0.255. The first-order valence-electron chi connectivity index (χ1n) is 20.2. The summed E-state index contributed by atoms with van der Waals surface area (Å²) in [5.74, 6) is 0. The molecule has 0 saturated heterocycles. The van der Waals surface area contributed by atoms with Gasteiger partial charge in [0, 0.05) is 44.3 Å². The van der Waals surface area contributed by atoms with Crippen molar-refractivity contribution in [3.8, 4) is 22.3 Å². The summed E-state index contributed by atoms with van der Waals surface area (Å²) in [5, 5.41) is 2.36. The zero-order valence-corrected chi connectivity index (χ0v) is 33.1. The van der Waals surface area contributed by atoms with E-state index in [-0.39, 0.29) is 23.1 Å². The van der Waals surface area contributed by atoms with Crippen molar-refractivity contribution in [2.24, 2.45) is 0 Å². The van der Waals surface area contributed by atoms with E-state index < -0.39 is 0 Å². The third-order valence-electron chi connectivity index (χ3n) is 14.4. The van der Waals surface area contributed by atoms with Crippen LogP contribution in [0.2, 0.25) is 0 Å². The molecule has 0 amide bonds. The summed E-state index contributed by atoms with van der Waals surface area (Å²) in [6, 6.07) is 39.7. The summed E-state index contributed by atoms with van der Waals surface area (Å²) in [5.41, 5.74) is 24.8. The zero-order valence-electron chi connectivity index (χ0n) is 33.1. The van der Waals surface area contributed by atoms with E-state index in [1.807, 2.05) is 0 Å². The summed E-state index contributed by atoms with van der Waals surface area (Å²) < 4.78 is 9.46. The predicted molar refractivity (Wildman–Crippen MR) is 232 cm³/mol. The van der Waals surface area contributed by atoms with Crippen LogP contribution >= 0.6 is 0 Å². The summed E-state index contributed by atoms with van der Waals surface area (Å²) in [4.78, 5) is 2.67. The maximum atomic E-state index is 6.80. The van der Waals surface area contributed by atoms with Gasteiger partial charge in [0.15, 0.2) is 5.58 Å². The lowest BCUT2D eigenvalue weighted by atomic mass is 9.44. The number of hydrogen-bond donors (Lipinski definition) is 0. The van der Waals surface area contributed by atoms with Gasteiger partial charge in [0.25, 0.3) is 0 Å². The lowest BCUT2D eigenvalue weighted by molar-refractivity contribution is 0.332. The summed E-state index contributed by atoms with van der Waals surface area (Å²) >= 11 is 0. The quantitative estimate of drug-likeness (QED) is 0.158. The molecule has 0 spiro atoms. The Bertz CT molecular complexity index is 3060. The van der Waals surface area contributed by atoms with Gasteiger partial charge in [-0.1, -0.05) is 108 Å². The molecule has 0 radical (unpaired) electrons. The van der Waals surface area contributed by atoms with Gasteiger partial charge in [-0.3, -0.25) is 0 Å². The Morgan fingerprint density at radius 3 is 2.09 bits per heavy atom. The highest BCUT2D eigenvalue weighted by Crippen LogP contribution is 2.54. The second-order valence-electron chi connectivity index (χ2n) is 18.9. The smallest absolute Gasteiger partial charge is 0.333 e. The van der Waals surface area contributed by atoms with Gasteiger partial charge >= 0.3 is 6.85 Å². The predicted octanol–water partition coefficient (Wildman–Crippen LogP) is 12.2. The van der Waals surface area contributed by atoms with E-state index in [2.05, 4.69) is 168 Å². The van der Waals surface area contributed by atoms with Crippen molar-refractivity contribution in [1.29, 1.82) is 0 Å². The van der Waals surface area contributed by atoms with Crippen LogP contribution in [-0.4, -0.2) is 11.3 Å². The van der Waals surface area contributed by atoms with E-state index in [9.17, 15) is 0 Å². The minimum Gasteiger partial charge on any atom is -0.454 e. The molecule has 4 heterocycles. The van der Waals surface area contributed by atoms with E-state index in [0.717, 1.165) is 11.2 Å². The molecule has 8 aromatic rings. The van der Waals surface area contributed by atoms with Crippen LogP contribution in [0.1, 0.15) is 87.8 Å². The fourth-order valence-corrected chi connectivity index (χ4v) is 11.4. The molecule has 6 aromatic carbocycles. The molecule has 0 atom stereocenters. The zero-order chi connectivity index (χ0) is 37.5. The van der Waals surface area contributed by atoms with E-state index in [0.29, 0.717) is 0 Å². The minimum absolute atomic E-state index is 0.0362. The Morgan fingerprint density at radius 2 is 1.27 bits per heavy atom. The molecule has 0 saturated carbocycles. The summed E-state index contributed by atoms with van der Waals surface area (Å²) in [6.45, 7) is 19.2. The van der Waals surface area contributed by atoms with Gasteiger partial charge in [-0.25, -0.2) is 0 Å². The lowest BCUT2D eigenvalue weighted by Gasteiger charge is -2.45. The van der Waals surface area contributed by atoms with Crippen molar-refractivity contribution in [3.05, 3.63) is 137 Å². The minimum atomic E-state index is -0.129. The van der Waals surface area contributed by atoms with Gasteiger partial charge in [0.2, 0.25) is 0 Å². The molecular formula is C51H45BN2O. The van der Waals surface area contributed by atoms with Gasteiger partial charge in [0.1, 0.15) is 5.58 Å². The number of para-hydroxylation sites is 2. The Balaban J connectivity index is 1.25. The molecule has 12 rings (SSSR count). The number of aromatic nitrogens is 1. The molecule has 3 nitrogen and oxygen atoms in total. The first-order valence-corrected chi connectivity index (χ1v) is 20.2. The maximum absolute atomic E-state index is 6.80. The molecule has 0 bridgehead atoms. The standard InChI is InChI=1S/C51H45BN2O/c1-28-22-35-31-16-13-17-33-46(31)54(47-32-15-10-12-19-44(32)55-48(33)47)52-40-26-37-34(30-14-9-11-18-36(30)51(37,7)8)25-42(40)53(43(23-28)45(35)52)41-27-39-38(24-29(41)2)49(3,4)20-21-50(39,5)6/h9-19,22-27H,20-21H2,1-8H3. The monoisotopic (exact) mass is 712 g/mol. The van der Waals surface area contributed by atoms with Crippen LogP contribution in [0.25, 0.3) is 55.2 Å². The van der Waals surface area contributed by atoms with Crippen LogP contribution < -0.4 is 15.8 Å². The van der Waals surface area contributed by atoms with Crippen molar-refractivity contribution < 1.29 is 4.42 Å². The molecule has 4 heteroatoms. The van der Waals surface area contributed by atoms with Crippen LogP contribution in [-0.2, 0) is 16.2 Å². The average Bonchev–Trinajstić information content (AvgIpc) is 3.77. The summed E-state index contributed by atoms with van der Waals surface area (Å²) in [7, 11) is 0. The molecule has 55 heavy (non-hydrogen) atoms. The Hall–Kier alpha value is -5.48. The molecular weight excluding hydrogens is 667 g/mol. The number of nitrogens with zero attached hydrogens (tertiary/aromatic N) is 2. The first kappa shape index (κ1) is 31.8. The van der Waals surface area contributed by atoms with Crippen molar-refractivity contribution in [3.63, 3.8) is 0 Å². The van der Waals surface area contributed by atoms with Crippen LogP contribution in [0.4, 0.5) is 17.1 Å². The van der Waals surface area contributed by atoms with Crippen LogP contribution in [0.15, 0.2) is 108 Å². The molecule has 2 aromatic heterocycles. The van der Waals surface area contributed by atoms with Crippen molar-refractivity contribution in [2.75, 3.05) is 4.90 Å². The first-order chi connectivity index (χ1) is 26.3. The number of aryl methyl sites for hydroxylation is 2. The Labute approximate surface area is 323 Å². The fourth-order valence-electron chi connectivity index (χ4n) is 11.4. The van der Waals surface area contributed by atoms with E-state index in [1.165, 1.54) is 118 Å². The lowest BCUT2D eigenvalue weighted by Crippen LogP contribution is -2.57. The van der Waals surface area contributed by atoms with Gasteiger partial charge in [-0.05, 0) is 135 Å². The molecule has 0 N–H and O–H groups in total. The summed E-state index contributed by atoms with van der Waals surface area (Å²) in [6.07, 6.45) is 2.39. The topological polar surface area (TPSA) is 21.3 Å². The largest absolute Gasteiger partial charge is 0.454 e. The maximum Gasteiger partial charge on any atom is 0.333 e. The molecule has 0 fully saturated rings. The average molecular weight is 713 g/mol. The second-order valence-corrected chi connectivity index (χ2v) is 18.9. The van der Waals surface area contributed by atoms with Crippen LogP contribution in [0.3, 0.4) is 0 Å². The molecule has 0 unspecified atom stereocenters. The number of rotatable bonds is 1.